The molecule has 0 radical (unpaired) electrons. The summed E-state index contributed by atoms with van der Waals surface area (Å²) >= 11 is 5.91. The molecule has 1 amide bonds. The highest BCUT2D eigenvalue weighted by atomic mass is 35.5. The molecule has 23 heavy (non-hydrogen) atoms. The Morgan fingerprint density at radius 3 is 2.26 bits per heavy atom. The van der Waals surface area contributed by atoms with E-state index in [2.05, 4.69) is 5.32 Å². The average molecular weight is 334 g/mol. The van der Waals surface area contributed by atoms with E-state index in [0.29, 0.717) is 5.56 Å². The minimum absolute atomic E-state index is 0.0372. The predicted octanol–water partition coefficient (Wildman–Crippen LogP) is 3.46. The normalized spacial score (nSPS) is 12.2. The molecule has 5 heteroatoms. The van der Waals surface area contributed by atoms with Gasteiger partial charge in [0.05, 0.1) is 17.7 Å². The lowest BCUT2D eigenvalue weighted by Gasteiger charge is -2.19. The summed E-state index contributed by atoms with van der Waals surface area (Å²) in [5.41, 5.74) is 2.28. The average Bonchev–Trinajstić information content (AvgIpc) is 2.54. The largest absolute Gasteiger partial charge is 0.506 e. The number of halogens is 1. The Morgan fingerprint density at radius 2 is 1.74 bits per heavy atom. The summed E-state index contributed by atoms with van der Waals surface area (Å²) in [5, 5.41) is 21.8. The van der Waals surface area contributed by atoms with Gasteiger partial charge < -0.3 is 15.5 Å². The molecule has 122 valence electrons. The standard InChI is InChI=1S/C18H20ClNO3/c1-11(2)16(10-21)20-18(23)13-5-3-12(4-6-13)14-7-8-17(22)15(19)9-14/h3-9,11,16,21-22H,10H2,1-2H3,(H,20,23)/t16-/m1/s1. The minimum atomic E-state index is -0.266. The second-order valence-corrected chi connectivity index (χ2v) is 6.16. The van der Waals surface area contributed by atoms with Crippen LogP contribution < -0.4 is 5.32 Å². The summed E-state index contributed by atoms with van der Waals surface area (Å²) < 4.78 is 0. The zero-order chi connectivity index (χ0) is 17.0. The number of nitrogens with one attached hydrogen (secondary N) is 1. The molecule has 0 heterocycles. The number of amides is 1. The van der Waals surface area contributed by atoms with Gasteiger partial charge in [0.2, 0.25) is 0 Å². The van der Waals surface area contributed by atoms with E-state index in [9.17, 15) is 15.0 Å². The molecule has 0 saturated carbocycles. The fourth-order valence-electron chi connectivity index (χ4n) is 2.18. The SMILES string of the molecule is CC(C)[C@@H](CO)NC(=O)c1ccc(-c2ccc(O)c(Cl)c2)cc1. The Bertz CT molecular complexity index is 683. The summed E-state index contributed by atoms with van der Waals surface area (Å²) in [4.78, 5) is 12.2. The van der Waals surface area contributed by atoms with Crippen molar-refractivity contribution in [2.75, 3.05) is 6.61 Å². The maximum atomic E-state index is 12.2. The summed E-state index contributed by atoms with van der Waals surface area (Å²) in [6.45, 7) is 3.80. The van der Waals surface area contributed by atoms with Crippen LogP contribution in [0.25, 0.3) is 11.1 Å². The molecule has 0 aromatic heterocycles. The lowest BCUT2D eigenvalue weighted by molar-refractivity contribution is 0.0897. The molecule has 0 saturated heterocycles. The Hall–Kier alpha value is -2.04. The van der Waals surface area contributed by atoms with Gasteiger partial charge in [-0.1, -0.05) is 43.6 Å². The smallest absolute Gasteiger partial charge is 0.251 e. The maximum absolute atomic E-state index is 12.2. The van der Waals surface area contributed by atoms with Crippen LogP contribution in [0.4, 0.5) is 0 Å². The number of phenols is 1. The molecule has 0 spiro atoms. The number of aromatic hydroxyl groups is 1. The Kier molecular flexibility index (Phi) is 5.64. The summed E-state index contributed by atoms with van der Waals surface area (Å²) in [5.74, 6) is -0.0226. The molecule has 0 aliphatic carbocycles. The Balaban J connectivity index is 2.15. The Labute approximate surface area is 140 Å². The molecule has 0 unspecified atom stereocenters. The molecule has 0 aliphatic rings. The van der Waals surface area contributed by atoms with Crippen LogP contribution in [0.15, 0.2) is 42.5 Å². The van der Waals surface area contributed by atoms with Crippen molar-refractivity contribution in [2.45, 2.75) is 19.9 Å². The van der Waals surface area contributed by atoms with E-state index < -0.39 is 0 Å². The molecule has 0 bridgehead atoms. The fraction of sp³-hybridized carbons (Fsp3) is 0.278. The highest BCUT2D eigenvalue weighted by molar-refractivity contribution is 6.32. The fourth-order valence-corrected chi connectivity index (χ4v) is 2.36. The van der Waals surface area contributed by atoms with Crippen LogP contribution in [0.3, 0.4) is 0 Å². The van der Waals surface area contributed by atoms with Gasteiger partial charge in [-0.2, -0.15) is 0 Å². The first-order valence-corrected chi connectivity index (χ1v) is 7.81. The summed E-state index contributed by atoms with van der Waals surface area (Å²) in [6.07, 6.45) is 0. The zero-order valence-corrected chi connectivity index (χ0v) is 13.8. The highest BCUT2D eigenvalue weighted by Gasteiger charge is 2.16. The zero-order valence-electron chi connectivity index (χ0n) is 13.1. The minimum Gasteiger partial charge on any atom is -0.506 e. The third kappa shape index (κ3) is 4.24. The molecule has 4 nitrogen and oxygen atoms in total. The van der Waals surface area contributed by atoms with Crippen LogP contribution in [0, 0.1) is 5.92 Å². The topological polar surface area (TPSA) is 69.6 Å². The van der Waals surface area contributed by atoms with Crippen molar-refractivity contribution in [2.24, 2.45) is 5.92 Å². The second kappa shape index (κ2) is 7.49. The first-order valence-electron chi connectivity index (χ1n) is 7.43. The molecule has 0 aliphatic heterocycles. The summed E-state index contributed by atoms with van der Waals surface area (Å²) in [7, 11) is 0. The second-order valence-electron chi connectivity index (χ2n) is 5.75. The van der Waals surface area contributed by atoms with Gasteiger partial charge in [-0.3, -0.25) is 4.79 Å². The monoisotopic (exact) mass is 333 g/mol. The van der Waals surface area contributed by atoms with E-state index in [4.69, 9.17) is 11.6 Å². The van der Waals surface area contributed by atoms with Crippen molar-refractivity contribution in [3.63, 3.8) is 0 Å². The van der Waals surface area contributed by atoms with E-state index in [-0.39, 0.29) is 35.2 Å². The number of carbonyl (C=O) groups excluding carboxylic acids is 1. The van der Waals surface area contributed by atoms with Gasteiger partial charge in [-0.25, -0.2) is 0 Å². The van der Waals surface area contributed by atoms with E-state index in [1.807, 2.05) is 26.0 Å². The number of hydrogen-bond donors (Lipinski definition) is 3. The van der Waals surface area contributed by atoms with Gasteiger partial charge in [0.15, 0.2) is 0 Å². The number of aliphatic hydroxyl groups is 1. The van der Waals surface area contributed by atoms with Crippen molar-refractivity contribution in [3.8, 4) is 16.9 Å². The maximum Gasteiger partial charge on any atom is 0.251 e. The lowest BCUT2D eigenvalue weighted by Crippen LogP contribution is -2.41. The van der Waals surface area contributed by atoms with Crippen LogP contribution >= 0.6 is 11.6 Å². The van der Waals surface area contributed by atoms with Crippen LogP contribution in [-0.2, 0) is 0 Å². The number of rotatable bonds is 5. The third-order valence-corrected chi connectivity index (χ3v) is 4.05. The lowest BCUT2D eigenvalue weighted by atomic mass is 10.0. The van der Waals surface area contributed by atoms with Crippen LogP contribution in [0.1, 0.15) is 24.2 Å². The van der Waals surface area contributed by atoms with Crippen molar-refractivity contribution in [1.82, 2.24) is 5.32 Å². The number of aliphatic hydroxyl groups excluding tert-OH is 1. The van der Waals surface area contributed by atoms with E-state index in [1.54, 1.807) is 24.3 Å². The van der Waals surface area contributed by atoms with E-state index in [0.717, 1.165) is 11.1 Å². The highest BCUT2D eigenvalue weighted by Crippen LogP contribution is 2.29. The number of hydrogen-bond acceptors (Lipinski definition) is 3. The van der Waals surface area contributed by atoms with Crippen molar-refractivity contribution in [3.05, 3.63) is 53.1 Å². The van der Waals surface area contributed by atoms with Gasteiger partial charge in [0.25, 0.3) is 5.91 Å². The van der Waals surface area contributed by atoms with Gasteiger partial charge in [0, 0.05) is 5.56 Å². The van der Waals surface area contributed by atoms with Crippen molar-refractivity contribution in [1.29, 1.82) is 0 Å². The van der Waals surface area contributed by atoms with Gasteiger partial charge in [-0.15, -0.1) is 0 Å². The van der Waals surface area contributed by atoms with E-state index >= 15 is 0 Å². The first kappa shape index (κ1) is 17.3. The summed E-state index contributed by atoms with van der Waals surface area (Å²) in [6, 6.07) is 11.8. The molecular formula is C18H20ClNO3. The van der Waals surface area contributed by atoms with Gasteiger partial charge in [-0.05, 0) is 41.3 Å². The number of phenolic OH excluding ortho intramolecular Hbond substituents is 1. The predicted molar refractivity (Wildman–Crippen MR) is 91.7 cm³/mol. The molecular weight excluding hydrogens is 314 g/mol. The van der Waals surface area contributed by atoms with Crippen LogP contribution in [-0.4, -0.2) is 28.8 Å². The van der Waals surface area contributed by atoms with Crippen molar-refractivity contribution < 1.29 is 15.0 Å². The molecule has 2 aromatic rings. The quantitative estimate of drug-likeness (QED) is 0.784. The molecule has 3 N–H and O–H groups in total. The van der Waals surface area contributed by atoms with Gasteiger partial charge >= 0.3 is 0 Å². The van der Waals surface area contributed by atoms with Crippen LogP contribution in [0.5, 0.6) is 5.75 Å². The van der Waals surface area contributed by atoms with Crippen LogP contribution in [0.2, 0.25) is 5.02 Å². The molecule has 0 fully saturated rings. The third-order valence-electron chi connectivity index (χ3n) is 3.75. The first-order chi connectivity index (χ1) is 10.9. The van der Waals surface area contributed by atoms with Crippen molar-refractivity contribution >= 4 is 17.5 Å². The van der Waals surface area contributed by atoms with E-state index in [1.165, 1.54) is 6.07 Å². The number of carbonyl (C=O) groups is 1. The van der Waals surface area contributed by atoms with Gasteiger partial charge in [0.1, 0.15) is 5.75 Å². The number of benzene rings is 2. The molecule has 2 rings (SSSR count). The molecule has 1 atom stereocenters. The Morgan fingerprint density at radius 1 is 1.13 bits per heavy atom. The molecule has 2 aromatic carbocycles.